The molecule has 4 rings (SSSR count). The van der Waals surface area contributed by atoms with Crippen LogP contribution in [0.5, 0.6) is 0 Å². The first-order chi connectivity index (χ1) is 15.2. The number of carbonyl (C=O) groups is 1. The maximum absolute atomic E-state index is 12.0. The molecular weight excluding hydrogens is 425 g/mol. The molecule has 7 nitrogen and oxygen atoms in total. The van der Waals surface area contributed by atoms with Crippen LogP contribution in [0.4, 0.5) is 18.9 Å². The molecule has 170 valence electrons. The van der Waals surface area contributed by atoms with Gasteiger partial charge in [0.15, 0.2) is 0 Å². The van der Waals surface area contributed by atoms with Crippen molar-refractivity contribution in [1.29, 1.82) is 0 Å². The summed E-state index contributed by atoms with van der Waals surface area (Å²) in [4.78, 5) is 32.8. The maximum atomic E-state index is 12.0. The Balaban J connectivity index is 0.000000360. The normalized spacial score (nSPS) is 17.0. The highest BCUT2D eigenvalue weighted by Crippen LogP contribution is 2.22. The molecule has 1 atom stereocenters. The van der Waals surface area contributed by atoms with Crippen molar-refractivity contribution < 1.29 is 23.1 Å². The summed E-state index contributed by atoms with van der Waals surface area (Å²) in [5, 5.41) is 8.94. The molecule has 2 N–H and O–H groups in total. The number of anilines is 1. The van der Waals surface area contributed by atoms with E-state index in [0.29, 0.717) is 6.04 Å². The minimum atomic E-state index is -5.08. The number of H-pyrrole nitrogens is 1. The molecule has 1 saturated heterocycles. The van der Waals surface area contributed by atoms with Gasteiger partial charge in [0.05, 0.1) is 0 Å². The second-order valence-electron chi connectivity index (χ2n) is 7.46. The van der Waals surface area contributed by atoms with E-state index < -0.39 is 12.1 Å². The van der Waals surface area contributed by atoms with Crippen molar-refractivity contribution in [2.75, 3.05) is 24.5 Å². The number of alkyl halides is 3. The zero-order chi connectivity index (χ0) is 23.3. The Morgan fingerprint density at radius 2 is 1.78 bits per heavy atom. The van der Waals surface area contributed by atoms with Gasteiger partial charge in [0, 0.05) is 61.9 Å². The lowest BCUT2D eigenvalue weighted by Gasteiger charge is -2.41. The van der Waals surface area contributed by atoms with Crippen LogP contribution in [-0.2, 0) is 11.3 Å². The van der Waals surface area contributed by atoms with E-state index in [-0.39, 0.29) is 5.56 Å². The Morgan fingerprint density at radius 1 is 1.16 bits per heavy atom. The quantitative estimate of drug-likeness (QED) is 0.639. The van der Waals surface area contributed by atoms with Crippen molar-refractivity contribution in [3.8, 4) is 0 Å². The standard InChI is InChI=1S/C20H22N4O.C2HF3O2/c1-15-13-24(17-6-8-21-9-7-17)11-10-23(15)14-16-12-22-20(25)19-5-3-2-4-18(16)19;3-2(4,5)1(6)7/h2-9,12,15H,10-11,13-14H2,1H3,(H,22,25);(H,6,7). The molecule has 1 unspecified atom stereocenters. The number of hydrogen-bond donors (Lipinski definition) is 2. The summed E-state index contributed by atoms with van der Waals surface area (Å²) in [5.74, 6) is -2.76. The number of hydrogen-bond acceptors (Lipinski definition) is 5. The highest BCUT2D eigenvalue weighted by atomic mass is 19.4. The summed E-state index contributed by atoms with van der Waals surface area (Å²) >= 11 is 0. The van der Waals surface area contributed by atoms with Gasteiger partial charge in [0.2, 0.25) is 0 Å². The molecule has 32 heavy (non-hydrogen) atoms. The number of rotatable bonds is 3. The Kier molecular flexibility index (Phi) is 7.14. The Labute approximate surface area is 182 Å². The fraction of sp³-hybridized carbons (Fsp3) is 0.318. The van der Waals surface area contributed by atoms with Gasteiger partial charge >= 0.3 is 12.1 Å². The van der Waals surface area contributed by atoms with E-state index in [4.69, 9.17) is 9.90 Å². The second kappa shape index (κ2) is 9.82. The summed E-state index contributed by atoms with van der Waals surface area (Å²) in [6, 6.07) is 12.4. The average molecular weight is 448 g/mol. The number of nitrogens with zero attached hydrogens (tertiary/aromatic N) is 3. The number of halogens is 3. The molecule has 1 aromatic carbocycles. The first-order valence-electron chi connectivity index (χ1n) is 9.95. The van der Waals surface area contributed by atoms with Crippen LogP contribution >= 0.6 is 0 Å². The van der Waals surface area contributed by atoms with Crippen LogP contribution in [0, 0.1) is 0 Å². The van der Waals surface area contributed by atoms with Crippen molar-refractivity contribution >= 4 is 22.4 Å². The van der Waals surface area contributed by atoms with Crippen LogP contribution in [0.3, 0.4) is 0 Å². The molecule has 0 aliphatic carbocycles. The van der Waals surface area contributed by atoms with Crippen molar-refractivity contribution in [3.05, 3.63) is 70.9 Å². The topological polar surface area (TPSA) is 89.5 Å². The molecule has 0 spiro atoms. The van der Waals surface area contributed by atoms with Gasteiger partial charge in [-0.05, 0) is 36.1 Å². The third-order valence-corrected chi connectivity index (χ3v) is 5.30. The zero-order valence-corrected chi connectivity index (χ0v) is 17.3. The molecule has 1 aliphatic rings. The Hall–Kier alpha value is -3.40. The molecule has 0 radical (unpaired) electrons. The number of nitrogens with one attached hydrogen (secondary N) is 1. The van der Waals surface area contributed by atoms with Crippen molar-refractivity contribution in [1.82, 2.24) is 14.9 Å². The molecule has 0 amide bonds. The average Bonchev–Trinajstić information content (AvgIpc) is 2.77. The van der Waals surface area contributed by atoms with Crippen LogP contribution in [-0.4, -0.2) is 57.8 Å². The van der Waals surface area contributed by atoms with Crippen LogP contribution < -0.4 is 10.5 Å². The number of piperazine rings is 1. The lowest BCUT2D eigenvalue weighted by molar-refractivity contribution is -0.192. The van der Waals surface area contributed by atoms with E-state index in [1.165, 1.54) is 11.3 Å². The largest absolute Gasteiger partial charge is 0.490 e. The van der Waals surface area contributed by atoms with Gasteiger partial charge in [-0.25, -0.2) is 4.79 Å². The van der Waals surface area contributed by atoms with Gasteiger partial charge < -0.3 is 15.0 Å². The van der Waals surface area contributed by atoms with Crippen molar-refractivity contribution in [2.24, 2.45) is 0 Å². The molecule has 10 heteroatoms. The molecule has 3 aromatic rings. The van der Waals surface area contributed by atoms with Gasteiger partial charge in [-0.2, -0.15) is 13.2 Å². The van der Waals surface area contributed by atoms with Gasteiger partial charge in [-0.15, -0.1) is 0 Å². The van der Waals surface area contributed by atoms with Gasteiger partial charge in [0.25, 0.3) is 5.56 Å². The predicted molar refractivity (Wildman–Crippen MR) is 115 cm³/mol. The lowest BCUT2D eigenvalue weighted by atomic mass is 10.1. The number of benzene rings is 1. The highest BCUT2D eigenvalue weighted by molar-refractivity contribution is 5.84. The first kappa shape index (κ1) is 23.3. The van der Waals surface area contributed by atoms with E-state index in [1.54, 1.807) is 0 Å². The number of fused-ring (bicyclic) bond motifs is 1. The second-order valence-corrected chi connectivity index (χ2v) is 7.46. The molecule has 2 aromatic heterocycles. The van der Waals surface area contributed by atoms with Gasteiger partial charge in [-0.3, -0.25) is 14.7 Å². The van der Waals surface area contributed by atoms with E-state index in [2.05, 4.69) is 38.8 Å². The zero-order valence-electron chi connectivity index (χ0n) is 17.3. The third-order valence-electron chi connectivity index (χ3n) is 5.30. The summed E-state index contributed by atoms with van der Waals surface area (Å²) in [7, 11) is 0. The lowest BCUT2D eigenvalue weighted by Crippen LogP contribution is -2.51. The monoisotopic (exact) mass is 448 g/mol. The highest BCUT2D eigenvalue weighted by Gasteiger charge is 2.38. The van der Waals surface area contributed by atoms with Crippen molar-refractivity contribution in [3.63, 3.8) is 0 Å². The van der Waals surface area contributed by atoms with E-state index >= 15 is 0 Å². The summed E-state index contributed by atoms with van der Waals surface area (Å²) in [5.41, 5.74) is 2.39. The number of aliphatic carboxylic acids is 1. The molecule has 1 fully saturated rings. The molecule has 3 heterocycles. The van der Waals surface area contributed by atoms with Crippen LogP contribution in [0.2, 0.25) is 0 Å². The molecular formula is C22H23F3N4O3. The number of aromatic amines is 1. The summed E-state index contributed by atoms with van der Waals surface area (Å²) < 4.78 is 31.7. The van der Waals surface area contributed by atoms with Crippen molar-refractivity contribution in [2.45, 2.75) is 25.7 Å². The Morgan fingerprint density at radius 3 is 2.38 bits per heavy atom. The van der Waals surface area contributed by atoms with Gasteiger partial charge in [-0.1, -0.05) is 18.2 Å². The minimum Gasteiger partial charge on any atom is -0.475 e. The number of pyridine rings is 2. The summed E-state index contributed by atoms with van der Waals surface area (Å²) in [6.45, 7) is 6.10. The molecule has 0 saturated carbocycles. The third kappa shape index (κ3) is 5.64. The molecule has 1 aliphatic heterocycles. The smallest absolute Gasteiger partial charge is 0.475 e. The number of carboxylic acid groups (broad SMARTS) is 1. The van der Waals surface area contributed by atoms with Crippen LogP contribution in [0.1, 0.15) is 12.5 Å². The van der Waals surface area contributed by atoms with E-state index in [1.807, 2.05) is 42.9 Å². The fourth-order valence-electron chi connectivity index (χ4n) is 3.64. The fourth-order valence-corrected chi connectivity index (χ4v) is 3.64. The van der Waals surface area contributed by atoms with Crippen LogP contribution in [0.25, 0.3) is 10.8 Å². The van der Waals surface area contributed by atoms with E-state index in [0.717, 1.165) is 37.0 Å². The van der Waals surface area contributed by atoms with Crippen LogP contribution in [0.15, 0.2) is 59.8 Å². The SMILES string of the molecule is CC1CN(c2ccncc2)CCN1Cc1c[nH]c(=O)c2ccccc12.O=C(O)C(F)(F)F. The Bertz CT molecular complexity index is 1120. The summed E-state index contributed by atoms with van der Waals surface area (Å²) in [6.07, 6.45) is 0.476. The first-order valence-corrected chi connectivity index (χ1v) is 9.95. The maximum Gasteiger partial charge on any atom is 0.490 e. The number of aromatic nitrogens is 2. The minimum absolute atomic E-state index is 0.0186. The molecule has 0 bridgehead atoms. The predicted octanol–water partition coefficient (Wildman–Crippen LogP) is 3.27. The van der Waals surface area contributed by atoms with E-state index in [9.17, 15) is 18.0 Å². The number of carboxylic acids is 1. The van der Waals surface area contributed by atoms with Gasteiger partial charge in [0.1, 0.15) is 0 Å².